The van der Waals surface area contributed by atoms with Crippen molar-refractivity contribution in [2.45, 2.75) is 64.5 Å². The lowest BCUT2D eigenvalue weighted by Gasteiger charge is -2.17. The molecule has 1 aromatic heterocycles. The Kier molecular flexibility index (Phi) is 5.49. The molecule has 0 unspecified atom stereocenters. The molecule has 2 rings (SSSR count). The Bertz CT molecular complexity index is 420. The van der Waals surface area contributed by atoms with Crippen LogP contribution < -0.4 is 5.32 Å². The van der Waals surface area contributed by atoms with E-state index in [9.17, 15) is 4.79 Å². The number of carbonyl (C=O) groups excluding carboxylic acids is 1. The fourth-order valence-electron chi connectivity index (χ4n) is 2.77. The second kappa shape index (κ2) is 7.13. The van der Waals surface area contributed by atoms with Crippen LogP contribution in [0.25, 0.3) is 0 Å². The predicted molar refractivity (Wildman–Crippen MR) is 81.4 cm³/mol. The Hall–Kier alpha value is -0.770. The third-order valence-corrected chi connectivity index (χ3v) is 4.18. The minimum atomic E-state index is 0.0750. The zero-order valence-electron chi connectivity index (χ0n) is 11.6. The van der Waals surface area contributed by atoms with Gasteiger partial charge in [-0.1, -0.05) is 32.6 Å². The van der Waals surface area contributed by atoms with Gasteiger partial charge in [0, 0.05) is 23.3 Å². The summed E-state index contributed by atoms with van der Waals surface area (Å²) in [6.45, 7) is 3.01. The fraction of sp³-hybridized carbons (Fsp3) is 0.667. The third-order valence-electron chi connectivity index (χ3n) is 3.75. The van der Waals surface area contributed by atoms with Gasteiger partial charge in [-0.3, -0.25) is 4.79 Å². The molecule has 1 fully saturated rings. The first-order valence-electron chi connectivity index (χ1n) is 7.37. The number of halogens is 1. The molecule has 0 radical (unpaired) electrons. The van der Waals surface area contributed by atoms with Crippen molar-refractivity contribution in [2.24, 2.45) is 0 Å². The molecule has 0 saturated heterocycles. The van der Waals surface area contributed by atoms with Gasteiger partial charge in [0.1, 0.15) is 5.69 Å². The summed E-state index contributed by atoms with van der Waals surface area (Å²) in [6.07, 6.45) is 10.4. The Morgan fingerprint density at radius 3 is 2.68 bits per heavy atom. The van der Waals surface area contributed by atoms with Crippen molar-refractivity contribution < 1.29 is 4.79 Å². The zero-order chi connectivity index (χ0) is 13.7. The SMILES string of the molecule is CCCn1cc(Br)cc1C(=O)NC1CCCCCC1. The molecule has 1 saturated carbocycles. The molecular formula is C15H23BrN2O. The number of aromatic nitrogens is 1. The molecule has 4 heteroatoms. The average molecular weight is 327 g/mol. The molecule has 106 valence electrons. The van der Waals surface area contributed by atoms with Crippen molar-refractivity contribution in [3.8, 4) is 0 Å². The van der Waals surface area contributed by atoms with E-state index >= 15 is 0 Å². The number of nitrogens with zero attached hydrogens (tertiary/aromatic N) is 1. The van der Waals surface area contributed by atoms with Crippen molar-refractivity contribution in [2.75, 3.05) is 0 Å². The van der Waals surface area contributed by atoms with Gasteiger partial charge in [-0.15, -0.1) is 0 Å². The van der Waals surface area contributed by atoms with Crippen LogP contribution in [0.15, 0.2) is 16.7 Å². The first-order valence-corrected chi connectivity index (χ1v) is 8.16. The van der Waals surface area contributed by atoms with Crippen LogP contribution in [0.1, 0.15) is 62.4 Å². The van der Waals surface area contributed by atoms with Crippen molar-refractivity contribution in [1.82, 2.24) is 9.88 Å². The number of nitrogens with one attached hydrogen (secondary N) is 1. The Morgan fingerprint density at radius 1 is 1.37 bits per heavy atom. The van der Waals surface area contributed by atoms with Crippen LogP contribution in [0, 0.1) is 0 Å². The Balaban J connectivity index is 2.02. The molecular weight excluding hydrogens is 304 g/mol. The lowest BCUT2D eigenvalue weighted by atomic mass is 10.1. The van der Waals surface area contributed by atoms with E-state index in [0.717, 1.165) is 36.0 Å². The minimum Gasteiger partial charge on any atom is -0.348 e. The van der Waals surface area contributed by atoms with Gasteiger partial charge in [-0.25, -0.2) is 0 Å². The predicted octanol–water partition coefficient (Wildman–Crippen LogP) is 4.11. The van der Waals surface area contributed by atoms with Crippen LogP contribution in [0.2, 0.25) is 0 Å². The van der Waals surface area contributed by atoms with Crippen molar-refractivity contribution in [3.05, 3.63) is 22.4 Å². The molecule has 1 amide bonds. The van der Waals surface area contributed by atoms with E-state index in [1.54, 1.807) is 0 Å². The van der Waals surface area contributed by atoms with Crippen LogP contribution in [0.4, 0.5) is 0 Å². The summed E-state index contributed by atoms with van der Waals surface area (Å²) in [7, 11) is 0. The monoisotopic (exact) mass is 326 g/mol. The van der Waals surface area contributed by atoms with Crippen molar-refractivity contribution >= 4 is 21.8 Å². The number of aryl methyl sites for hydroxylation is 1. The number of carbonyl (C=O) groups is 1. The maximum absolute atomic E-state index is 12.4. The highest BCUT2D eigenvalue weighted by Gasteiger charge is 2.18. The summed E-state index contributed by atoms with van der Waals surface area (Å²) < 4.78 is 3.02. The van der Waals surface area contributed by atoms with E-state index in [2.05, 4.69) is 28.2 Å². The summed E-state index contributed by atoms with van der Waals surface area (Å²) in [5.74, 6) is 0.0750. The number of rotatable bonds is 4. The summed E-state index contributed by atoms with van der Waals surface area (Å²) in [6, 6.07) is 2.28. The van der Waals surface area contributed by atoms with Crippen LogP contribution in [-0.4, -0.2) is 16.5 Å². The van der Waals surface area contributed by atoms with Gasteiger partial charge < -0.3 is 9.88 Å². The van der Waals surface area contributed by atoms with E-state index in [4.69, 9.17) is 0 Å². The van der Waals surface area contributed by atoms with Crippen LogP contribution in [0.3, 0.4) is 0 Å². The highest BCUT2D eigenvalue weighted by Crippen LogP contribution is 2.19. The molecule has 0 bridgehead atoms. The second-order valence-corrected chi connectivity index (χ2v) is 6.31. The van der Waals surface area contributed by atoms with Crippen LogP contribution in [0.5, 0.6) is 0 Å². The molecule has 19 heavy (non-hydrogen) atoms. The molecule has 1 aliphatic carbocycles. The van der Waals surface area contributed by atoms with Crippen LogP contribution in [-0.2, 0) is 6.54 Å². The van der Waals surface area contributed by atoms with Gasteiger partial charge in [0.25, 0.3) is 5.91 Å². The lowest BCUT2D eigenvalue weighted by molar-refractivity contribution is 0.0924. The zero-order valence-corrected chi connectivity index (χ0v) is 13.2. The first kappa shape index (κ1) is 14.6. The summed E-state index contributed by atoms with van der Waals surface area (Å²) in [4.78, 5) is 12.4. The third kappa shape index (κ3) is 4.10. The van der Waals surface area contributed by atoms with Gasteiger partial charge in [0.05, 0.1) is 0 Å². The normalized spacial score (nSPS) is 17.2. The van der Waals surface area contributed by atoms with Gasteiger partial charge in [0.2, 0.25) is 0 Å². The molecule has 0 atom stereocenters. The van der Waals surface area contributed by atoms with E-state index in [1.807, 2.05) is 16.8 Å². The van der Waals surface area contributed by atoms with Gasteiger partial charge in [-0.05, 0) is 41.3 Å². The topological polar surface area (TPSA) is 34.0 Å². The van der Waals surface area contributed by atoms with E-state index in [0.29, 0.717) is 6.04 Å². The largest absolute Gasteiger partial charge is 0.348 e. The van der Waals surface area contributed by atoms with Gasteiger partial charge in [-0.2, -0.15) is 0 Å². The van der Waals surface area contributed by atoms with Gasteiger partial charge >= 0.3 is 0 Å². The van der Waals surface area contributed by atoms with E-state index < -0.39 is 0 Å². The standard InChI is InChI=1S/C15H23BrN2O/c1-2-9-18-11-12(16)10-14(18)15(19)17-13-7-5-3-4-6-8-13/h10-11,13H,2-9H2,1H3,(H,17,19). The van der Waals surface area contributed by atoms with Crippen molar-refractivity contribution in [1.29, 1.82) is 0 Å². The molecule has 1 aromatic rings. The van der Waals surface area contributed by atoms with Crippen LogP contribution >= 0.6 is 15.9 Å². The summed E-state index contributed by atoms with van der Waals surface area (Å²) >= 11 is 3.46. The molecule has 0 aliphatic heterocycles. The fourth-order valence-corrected chi connectivity index (χ4v) is 3.24. The maximum atomic E-state index is 12.4. The Labute approximate surface area is 123 Å². The smallest absolute Gasteiger partial charge is 0.268 e. The highest BCUT2D eigenvalue weighted by molar-refractivity contribution is 9.10. The minimum absolute atomic E-state index is 0.0750. The summed E-state index contributed by atoms with van der Waals surface area (Å²) in [5, 5.41) is 3.21. The number of hydrogen-bond acceptors (Lipinski definition) is 1. The quantitative estimate of drug-likeness (QED) is 0.830. The number of amides is 1. The second-order valence-electron chi connectivity index (χ2n) is 5.40. The average Bonchev–Trinajstić information content (AvgIpc) is 2.60. The van der Waals surface area contributed by atoms with Gasteiger partial charge in [0.15, 0.2) is 0 Å². The molecule has 3 nitrogen and oxygen atoms in total. The molecule has 1 N–H and O–H groups in total. The molecule has 1 heterocycles. The Morgan fingerprint density at radius 2 is 2.05 bits per heavy atom. The molecule has 1 aliphatic rings. The first-order chi connectivity index (χ1) is 9.20. The molecule has 0 spiro atoms. The molecule has 0 aromatic carbocycles. The van der Waals surface area contributed by atoms with E-state index in [1.165, 1.54) is 25.7 Å². The van der Waals surface area contributed by atoms with E-state index in [-0.39, 0.29) is 5.91 Å². The maximum Gasteiger partial charge on any atom is 0.268 e. The lowest BCUT2D eigenvalue weighted by Crippen LogP contribution is -2.35. The highest BCUT2D eigenvalue weighted by atomic mass is 79.9. The number of hydrogen-bond donors (Lipinski definition) is 1. The summed E-state index contributed by atoms with van der Waals surface area (Å²) in [5.41, 5.74) is 0.776. The van der Waals surface area contributed by atoms with Crippen molar-refractivity contribution in [3.63, 3.8) is 0 Å².